The maximum absolute atomic E-state index is 12.3. The Morgan fingerprint density at radius 2 is 2.05 bits per heavy atom. The Morgan fingerprint density at radius 3 is 2.68 bits per heavy atom. The van der Waals surface area contributed by atoms with Crippen molar-refractivity contribution in [2.75, 3.05) is 19.4 Å². The molecule has 2 aliphatic rings. The molecule has 1 aromatic carbocycles. The van der Waals surface area contributed by atoms with Crippen molar-refractivity contribution in [3.63, 3.8) is 0 Å². The molecule has 2 amide bonds. The van der Waals surface area contributed by atoms with E-state index in [4.69, 9.17) is 0 Å². The van der Waals surface area contributed by atoms with Gasteiger partial charge >= 0.3 is 0 Å². The van der Waals surface area contributed by atoms with Gasteiger partial charge in [0.05, 0.1) is 0 Å². The average Bonchev–Trinajstić information content (AvgIpc) is 3.09. The largest absolute Gasteiger partial charge is 0.345 e. The molecule has 2 bridgehead atoms. The molecule has 3 atom stereocenters. The first-order valence-electron chi connectivity index (χ1n) is 8.14. The van der Waals surface area contributed by atoms with Crippen LogP contribution in [-0.2, 0) is 4.79 Å². The van der Waals surface area contributed by atoms with E-state index in [0.29, 0.717) is 23.6 Å². The normalized spacial score (nSPS) is 26.0. The van der Waals surface area contributed by atoms with Gasteiger partial charge in [-0.3, -0.25) is 9.59 Å². The van der Waals surface area contributed by atoms with Crippen molar-refractivity contribution in [1.82, 2.24) is 4.90 Å². The fraction of sp³-hybridized carbons (Fsp3) is 0.556. The number of nitrogens with zero attached hydrogens (tertiary/aromatic N) is 1. The number of benzene rings is 1. The Kier molecular flexibility index (Phi) is 4.19. The molecule has 0 aromatic heterocycles. The van der Waals surface area contributed by atoms with E-state index < -0.39 is 0 Å². The molecule has 2 saturated carbocycles. The maximum Gasteiger partial charge on any atom is 0.253 e. The molecule has 4 heteroatoms. The molecule has 3 rings (SSSR count). The van der Waals surface area contributed by atoms with Crippen molar-refractivity contribution >= 4 is 17.5 Å². The van der Waals surface area contributed by atoms with Gasteiger partial charge in [0, 0.05) is 31.8 Å². The first kappa shape index (κ1) is 15.1. The van der Waals surface area contributed by atoms with Crippen LogP contribution in [0.4, 0.5) is 5.69 Å². The highest BCUT2D eigenvalue weighted by molar-refractivity contribution is 5.97. The number of carbonyl (C=O) groups is 2. The summed E-state index contributed by atoms with van der Waals surface area (Å²) in [6.45, 7) is 0. The summed E-state index contributed by atoms with van der Waals surface area (Å²) in [7, 11) is 3.45. The van der Waals surface area contributed by atoms with E-state index in [0.717, 1.165) is 11.8 Å². The predicted molar refractivity (Wildman–Crippen MR) is 86.6 cm³/mol. The van der Waals surface area contributed by atoms with E-state index in [1.54, 1.807) is 26.2 Å². The second-order valence-electron chi connectivity index (χ2n) is 6.97. The Balaban J connectivity index is 1.59. The van der Waals surface area contributed by atoms with E-state index in [2.05, 4.69) is 5.32 Å². The molecule has 1 aromatic rings. The topological polar surface area (TPSA) is 49.4 Å². The highest BCUT2D eigenvalue weighted by atomic mass is 16.2. The smallest absolute Gasteiger partial charge is 0.253 e. The molecule has 0 spiro atoms. The molecule has 3 unspecified atom stereocenters. The van der Waals surface area contributed by atoms with Crippen LogP contribution in [0.1, 0.15) is 42.5 Å². The quantitative estimate of drug-likeness (QED) is 0.928. The molecule has 0 aliphatic heterocycles. The van der Waals surface area contributed by atoms with Gasteiger partial charge in [0.15, 0.2) is 0 Å². The number of carbonyl (C=O) groups excluding carboxylic acids is 2. The molecule has 2 fully saturated rings. The summed E-state index contributed by atoms with van der Waals surface area (Å²) in [5.74, 6) is 2.21. The second kappa shape index (κ2) is 6.11. The Labute approximate surface area is 131 Å². The monoisotopic (exact) mass is 300 g/mol. The summed E-state index contributed by atoms with van der Waals surface area (Å²) in [5.41, 5.74) is 1.31. The molecular formula is C18H24N2O2. The van der Waals surface area contributed by atoms with Crippen LogP contribution < -0.4 is 5.32 Å². The second-order valence-corrected chi connectivity index (χ2v) is 6.97. The van der Waals surface area contributed by atoms with E-state index in [9.17, 15) is 9.59 Å². The summed E-state index contributed by atoms with van der Waals surface area (Å²) in [5, 5.41) is 2.95. The van der Waals surface area contributed by atoms with Gasteiger partial charge < -0.3 is 10.2 Å². The SMILES string of the molecule is CN(C)C(=O)c1cccc(NC(=O)CC2CC3CCC2C3)c1. The van der Waals surface area contributed by atoms with E-state index in [1.165, 1.54) is 30.6 Å². The maximum atomic E-state index is 12.3. The lowest BCUT2D eigenvalue weighted by molar-refractivity contribution is -0.117. The number of hydrogen-bond donors (Lipinski definition) is 1. The van der Waals surface area contributed by atoms with Gasteiger partial charge in [0.1, 0.15) is 0 Å². The van der Waals surface area contributed by atoms with Gasteiger partial charge in [0.25, 0.3) is 5.91 Å². The molecule has 0 heterocycles. The third kappa shape index (κ3) is 3.16. The molecule has 0 saturated heterocycles. The lowest BCUT2D eigenvalue weighted by Crippen LogP contribution is -2.22. The summed E-state index contributed by atoms with van der Waals surface area (Å²) < 4.78 is 0. The van der Waals surface area contributed by atoms with Crippen LogP contribution in [0, 0.1) is 17.8 Å². The lowest BCUT2D eigenvalue weighted by atomic mass is 9.86. The van der Waals surface area contributed by atoms with Gasteiger partial charge in [-0.25, -0.2) is 0 Å². The molecule has 1 N–H and O–H groups in total. The van der Waals surface area contributed by atoms with Crippen molar-refractivity contribution in [3.05, 3.63) is 29.8 Å². The van der Waals surface area contributed by atoms with Gasteiger partial charge in [-0.1, -0.05) is 12.5 Å². The number of hydrogen-bond acceptors (Lipinski definition) is 2. The van der Waals surface area contributed by atoms with Crippen LogP contribution >= 0.6 is 0 Å². The number of rotatable bonds is 4. The van der Waals surface area contributed by atoms with E-state index in [1.807, 2.05) is 12.1 Å². The summed E-state index contributed by atoms with van der Waals surface area (Å²) in [4.78, 5) is 25.8. The lowest BCUT2D eigenvalue weighted by Gasteiger charge is -2.21. The molecule has 22 heavy (non-hydrogen) atoms. The summed E-state index contributed by atoms with van der Waals surface area (Å²) >= 11 is 0. The molecule has 2 aliphatic carbocycles. The standard InChI is InChI=1S/C18H24N2O2/c1-20(2)18(22)14-4-3-5-16(10-14)19-17(21)11-15-9-12-6-7-13(15)8-12/h3-5,10,12-13,15H,6-9,11H2,1-2H3,(H,19,21). The van der Waals surface area contributed by atoms with Crippen molar-refractivity contribution in [2.45, 2.75) is 32.1 Å². The van der Waals surface area contributed by atoms with Crippen LogP contribution in [-0.4, -0.2) is 30.8 Å². The summed E-state index contributed by atoms with van der Waals surface area (Å²) in [6, 6.07) is 7.17. The van der Waals surface area contributed by atoms with Crippen LogP contribution in [0.25, 0.3) is 0 Å². The van der Waals surface area contributed by atoms with Gasteiger partial charge in [-0.2, -0.15) is 0 Å². The Morgan fingerprint density at radius 1 is 1.23 bits per heavy atom. The third-order valence-corrected chi connectivity index (χ3v) is 5.13. The fourth-order valence-corrected chi connectivity index (χ4v) is 4.06. The van der Waals surface area contributed by atoms with E-state index >= 15 is 0 Å². The highest BCUT2D eigenvalue weighted by Crippen LogP contribution is 2.49. The van der Waals surface area contributed by atoms with Crippen molar-refractivity contribution in [2.24, 2.45) is 17.8 Å². The molecule has 4 nitrogen and oxygen atoms in total. The van der Waals surface area contributed by atoms with Crippen molar-refractivity contribution in [1.29, 1.82) is 0 Å². The Hall–Kier alpha value is -1.84. The molecule has 0 radical (unpaired) electrons. The fourth-order valence-electron chi connectivity index (χ4n) is 4.06. The Bertz CT molecular complexity index is 582. The number of amides is 2. The average molecular weight is 300 g/mol. The third-order valence-electron chi connectivity index (χ3n) is 5.13. The van der Waals surface area contributed by atoms with E-state index in [-0.39, 0.29) is 11.8 Å². The van der Waals surface area contributed by atoms with Crippen LogP contribution in [0.15, 0.2) is 24.3 Å². The van der Waals surface area contributed by atoms with Crippen LogP contribution in [0.5, 0.6) is 0 Å². The minimum absolute atomic E-state index is 0.0517. The molecule has 118 valence electrons. The number of anilines is 1. The zero-order valence-corrected chi connectivity index (χ0v) is 13.3. The predicted octanol–water partition coefficient (Wildman–Crippen LogP) is 3.15. The van der Waals surface area contributed by atoms with Crippen LogP contribution in [0.2, 0.25) is 0 Å². The van der Waals surface area contributed by atoms with Crippen molar-refractivity contribution < 1.29 is 9.59 Å². The summed E-state index contributed by atoms with van der Waals surface area (Å²) in [6.07, 6.45) is 5.82. The first-order valence-corrected chi connectivity index (χ1v) is 8.14. The first-order chi connectivity index (χ1) is 10.5. The van der Waals surface area contributed by atoms with Gasteiger partial charge in [-0.15, -0.1) is 0 Å². The minimum Gasteiger partial charge on any atom is -0.345 e. The van der Waals surface area contributed by atoms with Crippen molar-refractivity contribution in [3.8, 4) is 0 Å². The number of nitrogens with one attached hydrogen (secondary N) is 1. The highest BCUT2D eigenvalue weighted by Gasteiger charge is 2.40. The number of fused-ring (bicyclic) bond motifs is 2. The zero-order valence-electron chi connectivity index (χ0n) is 13.3. The molecular weight excluding hydrogens is 276 g/mol. The van der Waals surface area contributed by atoms with Gasteiger partial charge in [0.2, 0.25) is 5.91 Å². The zero-order chi connectivity index (χ0) is 15.7. The van der Waals surface area contributed by atoms with Crippen LogP contribution in [0.3, 0.4) is 0 Å². The minimum atomic E-state index is -0.0517. The van der Waals surface area contributed by atoms with Gasteiger partial charge in [-0.05, 0) is 55.2 Å².